The summed E-state index contributed by atoms with van der Waals surface area (Å²) in [5.74, 6) is 2.17. The van der Waals surface area contributed by atoms with E-state index in [9.17, 15) is 0 Å². The van der Waals surface area contributed by atoms with Crippen molar-refractivity contribution in [1.82, 2.24) is 29.5 Å². The second-order valence-electron chi connectivity index (χ2n) is 15.1. The van der Waals surface area contributed by atoms with Crippen molar-refractivity contribution < 1.29 is 9.16 Å². The molecule has 4 rings (SSSR count). The Balaban J connectivity index is 1.39. The van der Waals surface area contributed by atoms with Gasteiger partial charge in [-0.05, 0) is 41.7 Å². The number of nitrogens with one attached hydrogen (secondary N) is 2. The van der Waals surface area contributed by atoms with Gasteiger partial charge in [-0.15, -0.1) is 0 Å². The molecule has 1 atom stereocenters. The van der Waals surface area contributed by atoms with Crippen LogP contribution >= 0.6 is 0 Å². The summed E-state index contributed by atoms with van der Waals surface area (Å²) in [6.07, 6.45) is 7.67. The van der Waals surface area contributed by atoms with Crippen molar-refractivity contribution in [2.24, 2.45) is 5.92 Å². The highest BCUT2D eigenvalue weighted by molar-refractivity contribution is 6.76. The van der Waals surface area contributed by atoms with Gasteiger partial charge in [0.1, 0.15) is 18.4 Å². The van der Waals surface area contributed by atoms with Gasteiger partial charge in [-0.3, -0.25) is 0 Å². The Morgan fingerprint density at radius 1 is 0.933 bits per heavy atom. The molecule has 11 heteroatoms. The molecule has 0 saturated heterocycles. The first-order valence-corrected chi connectivity index (χ1v) is 22.9. The molecule has 1 unspecified atom stereocenters. The number of anilines is 1. The van der Waals surface area contributed by atoms with Crippen molar-refractivity contribution in [3.63, 3.8) is 0 Å². The smallest absolute Gasteiger partial charge is 0.192 e. The highest BCUT2D eigenvalue weighted by Crippen LogP contribution is 2.36. The SMILES string of the molecule is CC(C)C(CNCCO[Si](C)(C)C(C)(C)C)Nc1ccn2ncc(-c3ccc(-c4nccn4COCC[Si](C)(C)C)cc3)c2n1. The fourth-order valence-electron chi connectivity index (χ4n) is 4.66. The molecule has 0 fully saturated rings. The lowest BCUT2D eigenvalue weighted by Gasteiger charge is -2.36. The van der Waals surface area contributed by atoms with E-state index in [1.54, 1.807) is 0 Å². The van der Waals surface area contributed by atoms with Crippen LogP contribution in [0.2, 0.25) is 43.8 Å². The molecular formula is C34H55N7O2Si2. The standard InChI is InChI=1S/C34H55N7O2Si2/c1-26(2)30(24-35-17-20-43-45(9,10)34(3,4)5)38-31-15-18-41-33(39-31)29(23-37-41)27-11-13-28(14-12-27)32-36-16-19-40(32)25-42-21-22-44(6,7)8/h11-16,18-19,23,26,30,35H,17,20-22,24-25H2,1-10H3,(H,38,39). The van der Waals surface area contributed by atoms with E-state index in [0.717, 1.165) is 66.3 Å². The number of nitrogens with zero attached hydrogens (tertiary/aromatic N) is 5. The highest BCUT2D eigenvalue weighted by Gasteiger charge is 2.36. The third kappa shape index (κ3) is 9.58. The Kier molecular flexibility index (Phi) is 11.5. The number of ether oxygens (including phenoxy) is 1. The predicted octanol–water partition coefficient (Wildman–Crippen LogP) is 7.62. The molecule has 3 heterocycles. The first-order valence-electron chi connectivity index (χ1n) is 16.3. The zero-order valence-electron chi connectivity index (χ0n) is 29.1. The Labute approximate surface area is 272 Å². The molecule has 0 radical (unpaired) electrons. The second-order valence-corrected chi connectivity index (χ2v) is 25.5. The minimum absolute atomic E-state index is 0.222. The molecule has 246 valence electrons. The van der Waals surface area contributed by atoms with Crippen molar-refractivity contribution in [1.29, 1.82) is 0 Å². The van der Waals surface area contributed by atoms with Gasteiger partial charge in [-0.25, -0.2) is 14.5 Å². The zero-order valence-corrected chi connectivity index (χ0v) is 31.1. The van der Waals surface area contributed by atoms with Gasteiger partial charge < -0.3 is 24.4 Å². The van der Waals surface area contributed by atoms with E-state index in [1.807, 2.05) is 35.4 Å². The van der Waals surface area contributed by atoms with Crippen LogP contribution in [0.3, 0.4) is 0 Å². The van der Waals surface area contributed by atoms with Gasteiger partial charge in [-0.1, -0.05) is 78.5 Å². The van der Waals surface area contributed by atoms with Gasteiger partial charge in [0.25, 0.3) is 0 Å². The van der Waals surface area contributed by atoms with Crippen LogP contribution < -0.4 is 10.6 Å². The summed E-state index contributed by atoms with van der Waals surface area (Å²) < 4.78 is 16.2. The Bertz CT molecular complexity index is 1500. The van der Waals surface area contributed by atoms with E-state index in [4.69, 9.17) is 14.1 Å². The molecule has 45 heavy (non-hydrogen) atoms. The molecule has 3 aromatic heterocycles. The quantitative estimate of drug-likeness (QED) is 0.0953. The molecule has 0 saturated carbocycles. The minimum Gasteiger partial charge on any atom is -0.416 e. The van der Waals surface area contributed by atoms with E-state index in [0.29, 0.717) is 12.6 Å². The first-order chi connectivity index (χ1) is 21.1. The van der Waals surface area contributed by atoms with Crippen molar-refractivity contribution in [2.45, 2.75) is 91.2 Å². The Morgan fingerprint density at radius 2 is 1.64 bits per heavy atom. The largest absolute Gasteiger partial charge is 0.416 e. The van der Waals surface area contributed by atoms with E-state index in [1.165, 1.54) is 0 Å². The fraction of sp³-hybridized carbons (Fsp3) is 0.559. The van der Waals surface area contributed by atoms with E-state index in [2.05, 4.69) is 117 Å². The molecule has 0 amide bonds. The van der Waals surface area contributed by atoms with Crippen LogP contribution in [0.15, 0.2) is 55.1 Å². The summed E-state index contributed by atoms with van der Waals surface area (Å²) in [6.45, 7) is 26.7. The zero-order chi connectivity index (χ0) is 32.8. The molecule has 0 aliphatic carbocycles. The molecule has 9 nitrogen and oxygen atoms in total. The second kappa shape index (κ2) is 14.7. The summed E-state index contributed by atoms with van der Waals surface area (Å²) in [5, 5.41) is 12.1. The summed E-state index contributed by atoms with van der Waals surface area (Å²) >= 11 is 0. The third-order valence-electron chi connectivity index (χ3n) is 8.82. The van der Waals surface area contributed by atoms with E-state index in [-0.39, 0.29) is 11.1 Å². The number of hydrogen-bond donors (Lipinski definition) is 2. The van der Waals surface area contributed by atoms with Crippen LogP contribution in [0.4, 0.5) is 5.82 Å². The minimum atomic E-state index is -1.73. The van der Waals surface area contributed by atoms with Crippen LogP contribution in [0.25, 0.3) is 28.2 Å². The van der Waals surface area contributed by atoms with Crippen LogP contribution in [0.5, 0.6) is 0 Å². The fourth-order valence-corrected chi connectivity index (χ4v) is 6.46. The first kappa shape index (κ1) is 35.0. The van der Waals surface area contributed by atoms with Crippen molar-refractivity contribution in [3.05, 3.63) is 55.1 Å². The number of imidazole rings is 1. The monoisotopic (exact) mass is 649 g/mol. The average Bonchev–Trinajstić information content (AvgIpc) is 3.60. The normalized spacial score (nSPS) is 13.6. The van der Waals surface area contributed by atoms with Crippen molar-refractivity contribution in [2.75, 3.05) is 31.6 Å². The number of rotatable bonds is 16. The molecule has 1 aromatic carbocycles. The molecule has 0 aliphatic rings. The van der Waals surface area contributed by atoms with Crippen LogP contribution in [0.1, 0.15) is 34.6 Å². The predicted molar refractivity (Wildman–Crippen MR) is 192 cm³/mol. The molecule has 0 bridgehead atoms. The van der Waals surface area contributed by atoms with Gasteiger partial charge in [0.15, 0.2) is 14.0 Å². The lowest BCUT2D eigenvalue weighted by molar-refractivity contribution is 0.0883. The molecule has 4 aromatic rings. The topological polar surface area (TPSA) is 90.5 Å². The summed E-state index contributed by atoms with van der Waals surface area (Å²) in [7, 11) is -2.85. The van der Waals surface area contributed by atoms with Gasteiger partial charge in [-0.2, -0.15) is 5.10 Å². The lowest BCUT2D eigenvalue weighted by atomic mass is 10.0. The van der Waals surface area contributed by atoms with E-state index >= 15 is 0 Å². The average molecular weight is 650 g/mol. The Hall–Kier alpha value is -2.84. The molecule has 0 spiro atoms. The number of aromatic nitrogens is 5. The molecule has 2 N–H and O–H groups in total. The maximum absolute atomic E-state index is 6.34. The molecule has 0 aliphatic heterocycles. The van der Waals surface area contributed by atoms with E-state index < -0.39 is 16.4 Å². The lowest BCUT2D eigenvalue weighted by Crippen LogP contribution is -2.43. The number of benzene rings is 1. The summed E-state index contributed by atoms with van der Waals surface area (Å²) in [4.78, 5) is 9.60. The van der Waals surface area contributed by atoms with Gasteiger partial charge in [0.05, 0.1) is 6.20 Å². The Morgan fingerprint density at radius 3 is 2.31 bits per heavy atom. The van der Waals surface area contributed by atoms with Gasteiger partial charge >= 0.3 is 0 Å². The highest BCUT2D eigenvalue weighted by atomic mass is 28.4. The van der Waals surface area contributed by atoms with Crippen LogP contribution in [-0.2, 0) is 15.9 Å². The van der Waals surface area contributed by atoms with Crippen molar-refractivity contribution >= 4 is 27.9 Å². The third-order valence-corrected chi connectivity index (χ3v) is 15.1. The number of hydrogen-bond acceptors (Lipinski definition) is 7. The van der Waals surface area contributed by atoms with Crippen LogP contribution in [0, 0.1) is 5.92 Å². The van der Waals surface area contributed by atoms with Gasteiger partial charge in [0, 0.05) is 70.1 Å². The van der Waals surface area contributed by atoms with Crippen LogP contribution in [-0.4, -0.2) is 72.9 Å². The van der Waals surface area contributed by atoms with Crippen molar-refractivity contribution in [3.8, 4) is 22.5 Å². The summed E-state index contributed by atoms with van der Waals surface area (Å²) in [6, 6.07) is 11.8. The molecular weight excluding hydrogens is 595 g/mol. The van der Waals surface area contributed by atoms with Gasteiger partial charge in [0.2, 0.25) is 0 Å². The maximum atomic E-state index is 6.34. The number of fused-ring (bicyclic) bond motifs is 1. The maximum Gasteiger partial charge on any atom is 0.192 e. The summed E-state index contributed by atoms with van der Waals surface area (Å²) in [5.41, 5.74) is 3.92.